The van der Waals surface area contributed by atoms with Gasteiger partial charge in [0.15, 0.2) is 0 Å². The highest BCUT2D eigenvalue weighted by Gasteiger charge is 2.32. The highest BCUT2D eigenvalue weighted by molar-refractivity contribution is 5.74. The van der Waals surface area contributed by atoms with Gasteiger partial charge in [-0.15, -0.1) is 0 Å². The minimum absolute atomic E-state index is 0.1000. The van der Waals surface area contributed by atoms with Gasteiger partial charge in [-0.05, 0) is 43.0 Å². The molecule has 0 radical (unpaired) electrons. The normalized spacial score (nSPS) is 24.6. The molecule has 0 saturated carbocycles. The molecule has 1 fully saturated rings. The molecule has 1 aliphatic heterocycles. The van der Waals surface area contributed by atoms with Crippen LogP contribution < -0.4 is 5.32 Å². The zero-order chi connectivity index (χ0) is 11.5. The second kappa shape index (κ2) is 4.61. The van der Waals surface area contributed by atoms with Crippen LogP contribution >= 0.6 is 0 Å². The third-order valence-corrected chi connectivity index (χ3v) is 3.03. The van der Waals surface area contributed by atoms with E-state index in [1.165, 1.54) is 12.1 Å². The van der Waals surface area contributed by atoms with Crippen LogP contribution in [0.2, 0.25) is 0 Å². The van der Waals surface area contributed by atoms with Crippen molar-refractivity contribution >= 4 is 5.97 Å². The van der Waals surface area contributed by atoms with E-state index >= 15 is 0 Å². The summed E-state index contributed by atoms with van der Waals surface area (Å²) < 4.78 is 12.7. The number of carboxylic acid groups (broad SMARTS) is 1. The Bertz CT molecular complexity index is 377. The predicted octanol–water partition coefficient (Wildman–Crippen LogP) is 1.43. The van der Waals surface area contributed by atoms with Gasteiger partial charge in [-0.1, -0.05) is 12.1 Å². The van der Waals surface area contributed by atoms with Crippen LogP contribution in [0.25, 0.3) is 0 Å². The fraction of sp³-hybridized carbons (Fsp3) is 0.417. The van der Waals surface area contributed by atoms with Crippen molar-refractivity contribution in [2.75, 3.05) is 6.54 Å². The number of benzene rings is 1. The number of halogens is 1. The van der Waals surface area contributed by atoms with E-state index in [1.54, 1.807) is 12.1 Å². The molecule has 1 saturated heterocycles. The Morgan fingerprint density at radius 2 is 2.12 bits per heavy atom. The van der Waals surface area contributed by atoms with E-state index in [-0.39, 0.29) is 11.7 Å². The summed E-state index contributed by atoms with van der Waals surface area (Å²) >= 11 is 0. The van der Waals surface area contributed by atoms with Crippen LogP contribution in [-0.4, -0.2) is 23.7 Å². The molecule has 2 rings (SSSR count). The maximum Gasteiger partial charge on any atom is 0.320 e. The first-order valence-corrected chi connectivity index (χ1v) is 5.37. The van der Waals surface area contributed by atoms with Crippen molar-refractivity contribution in [1.29, 1.82) is 0 Å². The van der Waals surface area contributed by atoms with Gasteiger partial charge in [-0.25, -0.2) is 4.39 Å². The summed E-state index contributed by atoms with van der Waals surface area (Å²) in [7, 11) is 0. The summed E-state index contributed by atoms with van der Waals surface area (Å²) in [5.41, 5.74) is 0.987. The predicted molar refractivity (Wildman–Crippen MR) is 57.6 cm³/mol. The molecule has 1 aromatic carbocycles. The van der Waals surface area contributed by atoms with Crippen molar-refractivity contribution in [2.45, 2.75) is 18.9 Å². The number of carboxylic acids is 1. The third-order valence-electron chi connectivity index (χ3n) is 3.03. The topological polar surface area (TPSA) is 49.3 Å². The summed E-state index contributed by atoms with van der Waals surface area (Å²) in [5.74, 6) is -0.962. The molecule has 0 bridgehead atoms. The molecule has 0 spiro atoms. The lowest BCUT2D eigenvalue weighted by molar-refractivity contribution is -0.140. The molecule has 0 aliphatic carbocycles. The number of hydrogen-bond acceptors (Lipinski definition) is 2. The average Bonchev–Trinajstić information content (AvgIpc) is 2.69. The summed E-state index contributed by atoms with van der Waals surface area (Å²) in [4.78, 5) is 10.9. The van der Waals surface area contributed by atoms with Crippen molar-refractivity contribution in [3.05, 3.63) is 35.6 Å². The van der Waals surface area contributed by atoms with Gasteiger partial charge in [0.25, 0.3) is 0 Å². The van der Waals surface area contributed by atoms with Crippen LogP contribution in [-0.2, 0) is 11.2 Å². The molecule has 1 aromatic rings. The lowest BCUT2D eigenvalue weighted by Crippen LogP contribution is -2.36. The van der Waals surface area contributed by atoms with Crippen molar-refractivity contribution in [3.8, 4) is 0 Å². The number of carbonyl (C=O) groups is 1. The van der Waals surface area contributed by atoms with Crippen LogP contribution in [0.3, 0.4) is 0 Å². The fourth-order valence-corrected chi connectivity index (χ4v) is 2.19. The van der Waals surface area contributed by atoms with Gasteiger partial charge in [0.2, 0.25) is 0 Å². The lowest BCUT2D eigenvalue weighted by atomic mass is 9.93. The SMILES string of the molecule is O=C(O)[C@@H]1NCC[C@@H]1Cc1ccc(F)cc1. The van der Waals surface area contributed by atoms with Gasteiger partial charge < -0.3 is 10.4 Å². The summed E-state index contributed by atoms with van der Waals surface area (Å²) in [5, 5.41) is 11.9. The summed E-state index contributed by atoms with van der Waals surface area (Å²) in [6.45, 7) is 0.739. The van der Waals surface area contributed by atoms with Gasteiger partial charge in [-0.2, -0.15) is 0 Å². The lowest BCUT2D eigenvalue weighted by Gasteiger charge is -2.15. The Morgan fingerprint density at radius 1 is 1.44 bits per heavy atom. The highest BCUT2D eigenvalue weighted by atomic mass is 19.1. The standard InChI is InChI=1S/C12H14FNO2/c13-10-3-1-8(2-4-10)7-9-5-6-14-11(9)12(15)16/h1-4,9,11,14H,5-7H2,(H,15,16)/t9-,11-/m1/s1. The first kappa shape index (κ1) is 11.1. The smallest absolute Gasteiger partial charge is 0.320 e. The molecule has 1 heterocycles. The molecule has 0 amide bonds. The van der Waals surface area contributed by atoms with E-state index in [0.29, 0.717) is 6.42 Å². The summed E-state index contributed by atoms with van der Waals surface area (Å²) in [6, 6.07) is 5.78. The number of aliphatic carboxylic acids is 1. The van der Waals surface area contributed by atoms with Crippen LogP contribution in [0.5, 0.6) is 0 Å². The van der Waals surface area contributed by atoms with E-state index in [9.17, 15) is 9.18 Å². The maximum absolute atomic E-state index is 12.7. The van der Waals surface area contributed by atoms with E-state index in [2.05, 4.69) is 5.32 Å². The molecule has 3 nitrogen and oxygen atoms in total. The quantitative estimate of drug-likeness (QED) is 0.815. The Kier molecular flexibility index (Phi) is 3.19. The maximum atomic E-state index is 12.7. The Hall–Kier alpha value is -1.42. The Morgan fingerprint density at radius 3 is 2.75 bits per heavy atom. The fourth-order valence-electron chi connectivity index (χ4n) is 2.19. The van der Waals surface area contributed by atoms with E-state index in [1.807, 2.05) is 0 Å². The molecule has 1 aliphatic rings. The first-order chi connectivity index (χ1) is 7.66. The molecule has 0 unspecified atom stereocenters. The van der Waals surface area contributed by atoms with Gasteiger partial charge in [-0.3, -0.25) is 4.79 Å². The third kappa shape index (κ3) is 2.39. The minimum Gasteiger partial charge on any atom is -0.480 e. The molecule has 2 N–H and O–H groups in total. The monoisotopic (exact) mass is 223 g/mol. The Balaban J connectivity index is 2.03. The van der Waals surface area contributed by atoms with Gasteiger partial charge >= 0.3 is 5.97 Å². The average molecular weight is 223 g/mol. The van der Waals surface area contributed by atoms with E-state index in [4.69, 9.17) is 5.11 Å². The van der Waals surface area contributed by atoms with E-state index < -0.39 is 12.0 Å². The zero-order valence-corrected chi connectivity index (χ0v) is 8.82. The zero-order valence-electron chi connectivity index (χ0n) is 8.82. The van der Waals surface area contributed by atoms with Crippen molar-refractivity contribution in [1.82, 2.24) is 5.32 Å². The summed E-state index contributed by atoms with van der Waals surface area (Å²) in [6.07, 6.45) is 1.54. The van der Waals surface area contributed by atoms with Gasteiger partial charge in [0.05, 0.1) is 0 Å². The van der Waals surface area contributed by atoms with Gasteiger partial charge in [0, 0.05) is 0 Å². The molecular formula is C12H14FNO2. The minimum atomic E-state index is -0.801. The van der Waals surface area contributed by atoms with E-state index in [0.717, 1.165) is 18.5 Å². The highest BCUT2D eigenvalue weighted by Crippen LogP contribution is 2.21. The number of rotatable bonds is 3. The number of hydrogen-bond donors (Lipinski definition) is 2. The second-order valence-electron chi connectivity index (χ2n) is 4.15. The number of nitrogens with one attached hydrogen (secondary N) is 1. The second-order valence-corrected chi connectivity index (χ2v) is 4.15. The Labute approximate surface area is 93.3 Å². The molecule has 16 heavy (non-hydrogen) atoms. The van der Waals surface area contributed by atoms with Crippen LogP contribution in [0.4, 0.5) is 4.39 Å². The molecule has 2 atom stereocenters. The molecule has 4 heteroatoms. The van der Waals surface area contributed by atoms with Gasteiger partial charge in [0.1, 0.15) is 11.9 Å². The van der Waals surface area contributed by atoms with Crippen molar-refractivity contribution in [3.63, 3.8) is 0 Å². The van der Waals surface area contributed by atoms with Crippen LogP contribution in [0.15, 0.2) is 24.3 Å². The van der Waals surface area contributed by atoms with Crippen molar-refractivity contribution < 1.29 is 14.3 Å². The molecule has 0 aromatic heterocycles. The van der Waals surface area contributed by atoms with Crippen LogP contribution in [0.1, 0.15) is 12.0 Å². The molecular weight excluding hydrogens is 209 g/mol. The first-order valence-electron chi connectivity index (χ1n) is 5.37. The van der Waals surface area contributed by atoms with Crippen LogP contribution in [0, 0.1) is 11.7 Å². The van der Waals surface area contributed by atoms with Crippen molar-refractivity contribution in [2.24, 2.45) is 5.92 Å². The largest absolute Gasteiger partial charge is 0.480 e. The molecule has 86 valence electrons.